The molecule has 2 atom stereocenters. The van der Waals surface area contributed by atoms with Gasteiger partial charge in [0.25, 0.3) is 5.19 Å². The van der Waals surface area contributed by atoms with E-state index >= 15 is 0 Å². The SMILES string of the molecule is CSc1ccc(C2CC=c3nc(O[C@@H](C)C4CCN(c5nc(C(C)C)no5)CC4)sc3=N2)c(C)n1. The number of ether oxygens (including phenoxy) is 1. The summed E-state index contributed by atoms with van der Waals surface area (Å²) >= 11 is 3.20. The summed E-state index contributed by atoms with van der Waals surface area (Å²) in [5.41, 5.74) is 2.23. The first kappa shape index (κ1) is 24.2. The zero-order valence-electron chi connectivity index (χ0n) is 20.9. The molecule has 186 valence electrons. The van der Waals surface area contributed by atoms with Crippen LogP contribution in [0.3, 0.4) is 0 Å². The van der Waals surface area contributed by atoms with Crippen molar-refractivity contribution in [2.24, 2.45) is 10.9 Å². The molecule has 0 aliphatic carbocycles. The molecule has 10 heteroatoms. The number of aromatic nitrogens is 4. The summed E-state index contributed by atoms with van der Waals surface area (Å²) in [6.45, 7) is 10.1. The number of anilines is 1. The van der Waals surface area contributed by atoms with Gasteiger partial charge in [0.1, 0.15) is 10.8 Å². The van der Waals surface area contributed by atoms with Crippen LogP contribution < -0.4 is 19.7 Å². The van der Waals surface area contributed by atoms with Crippen LogP contribution in [0.25, 0.3) is 6.08 Å². The van der Waals surface area contributed by atoms with E-state index in [4.69, 9.17) is 19.2 Å². The van der Waals surface area contributed by atoms with Gasteiger partial charge in [-0.1, -0.05) is 42.5 Å². The fourth-order valence-corrected chi connectivity index (χ4v) is 5.97. The minimum atomic E-state index is 0.0833. The lowest BCUT2D eigenvalue weighted by atomic mass is 9.92. The predicted molar refractivity (Wildman–Crippen MR) is 139 cm³/mol. The van der Waals surface area contributed by atoms with Crippen LogP contribution in [0.15, 0.2) is 26.7 Å². The highest BCUT2D eigenvalue weighted by molar-refractivity contribution is 7.98. The maximum Gasteiger partial charge on any atom is 0.324 e. The van der Waals surface area contributed by atoms with E-state index in [1.54, 1.807) is 23.1 Å². The van der Waals surface area contributed by atoms with Gasteiger partial charge >= 0.3 is 6.01 Å². The van der Waals surface area contributed by atoms with Gasteiger partial charge in [-0.05, 0) is 56.9 Å². The third kappa shape index (κ3) is 5.23. The summed E-state index contributed by atoms with van der Waals surface area (Å²) in [6.07, 6.45) is 7.17. The molecule has 0 bridgehead atoms. The van der Waals surface area contributed by atoms with Gasteiger partial charge in [-0.2, -0.15) is 4.98 Å². The maximum atomic E-state index is 6.32. The summed E-state index contributed by atoms with van der Waals surface area (Å²) < 4.78 is 12.7. The van der Waals surface area contributed by atoms with Gasteiger partial charge in [-0.15, -0.1) is 11.8 Å². The van der Waals surface area contributed by atoms with Crippen molar-refractivity contribution in [2.75, 3.05) is 24.2 Å². The Hall–Kier alpha value is -2.46. The van der Waals surface area contributed by atoms with Gasteiger partial charge in [-0.25, -0.2) is 9.97 Å². The molecule has 1 fully saturated rings. The number of piperidine rings is 1. The van der Waals surface area contributed by atoms with Gasteiger partial charge in [0, 0.05) is 24.7 Å². The Morgan fingerprint density at radius 2 is 1.94 bits per heavy atom. The van der Waals surface area contributed by atoms with E-state index in [0.29, 0.717) is 17.1 Å². The highest BCUT2D eigenvalue weighted by Gasteiger charge is 2.28. The van der Waals surface area contributed by atoms with Crippen LogP contribution in [-0.2, 0) is 0 Å². The summed E-state index contributed by atoms with van der Waals surface area (Å²) in [5, 5.41) is 6.78. The number of fused-ring (bicyclic) bond motifs is 1. The van der Waals surface area contributed by atoms with Crippen LogP contribution in [0.1, 0.15) is 69.1 Å². The molecule has 0 N–H and O–H groups in total. The molecule has 3 aromatic heterocycles. The molecule has 0 amide bonds. The normalized spacial score (nSPS) is 19.3. The summed E-state index contributed by atoms with van der Waals surface area (Å²) in [7, 11) is 0. The van der Waals surface area contributed by atoms with Crippen molar-refractivity contribution >= 4 is 35.2 Å². The molecule has 3 aromatic rings. The van der Waals surface area contributed by atoms with E-state index in [0.717, 1.165) is 58.9 Å². The molecule has 1 unspecified atom stereocenters. The molecular formula is C25H32N6O2S2. The Bertz CT molecular complexity index is 1300. The quantitative estimate of drug-likeness (QED) is 0.433. The van der Waals surface area contributed by atoms with E-state index in [1.165, 1.54) is 5.56 Å². The van der Waals surface area contributed by atoms with Crippen LogP contribution in [-0.4, -0.2) is 45.6 Å². The first-order valence-electron chi connectivity index (χ1n) is 12.2. The van der Waals surface area contributed by atoms with Crippen molar-refractivity contribution in [3.63, 3.8) is 0 Å². The Balaban J connectivity index is 1.22. The monoisotopic (exact) mass is 512 g/mol. The fourth-order valence-electron chi connectivity index (χ4n) is 4.61. The van der Waals surface area contributed by atoms with Gasteiger partial charge in [0.15, 0.2) is 5.82 Å². The smallest absolute Gasteiger partial charge is 0.324 e. The van der Waals surface area contributed by atoms with E-state index in [-0.39, 0.29) is 18.1 Å². The third-order valence-corrected chi connectivity index (χ3v) is 8.32. The lowest BCUT2D eigenvalue weighted by Crippen LogP contribution is -2.38. The molecule has 0 aromatic carbocycles. The van der Waals surface area contributed by atoms with Crippen molar-refractivity contribution < 1.29 is 9.26 Å². The van der Waals surface area contributed by atoms with Crippen molar-refractivity contribution in [3.8, 4) is 5.19 Å². The molecule has 5 rings (SSSR count). The number of pyridine rings is 1. The number of thioether (sulfide) groups is 1. The Morgan fingerprint density at radius 3 is 2.63 bits per heavy atom. The summed E-state index contributed by atoms with van der Waals surface area (Å²) in [4.78, 5) is 21.1. The fraction of sp³-hybridized carbons (Fsp3) is 0.560. The summed E-state index contributed by atoms with van der Waals surface area (Å²) in [6, 6.07) is 4.95. The van der Waals surface area contributed by atoms with E-state index in [2.05, 4.69) is 65.9 Å². The van der Waals surface area contributed by atoms with E-state index < -0.39 is 0 Å². The molecule has 1 saturated heterocycles. The van der Waals surface area contributed by atoms with Crippen molar-refractivity contribution in [1.82, 2.24) is 20.1 Å². The number of hydrogen-bond donors (Lipinski definition) is 0. The maximum absolute atomic E-state index is 6.32. The first-order valence-corrected chi connectivity index (χ1v) is 14.3. The highest BCUT2D eigenvalue weighted by Crippen LogP contribution is 2.29. The van der Waals surface area contributed by atoms with Crippen LogP contribution in [0.2, 0.25) is 0 Å². The minimum Gasteiger partial charge on any atom is -0.467 e. The molecule has 2 aliphatic rings. The molecule has 2 aliphatic heterocycles. The number of hydrogen-bond acceptors (Lipinski definition) is 10. The number of rotatable bonds is 7. The molecule has 35 heavy (non-hydrogen) atoms. The molecular weight excluding hydrogens is 480 g/mol. The Labute approximate surface area is 213 Å². The number of nitrogens with zero attached hydrogens (tertiary/aromatic N) is 6. The molecule has 5 heterocycles. The topological polar surface area (TPSA) is 89.5 Å². The molecule has 8 nitrogen and oxygen atoms in total. The lowest BCUT2D eigenvalue weighted by Gasteiger charge is -2.33. The van der Waals surface area contributed by atoms with Gasteiger partial charge < -0.3 is 14.2 Å². The van der Waals surface area contributed by atoms with E-state index in [1.807, 2.05) is 6.26 Å². The van der Waals surface area contributed by atoms with Crippen LogP contribution in [0, 0.1) is 12.8 Å². The third-order valence-electron chi connectivity index (χ3n) is 6.80. The van der Waals surface area contributed by atoms with Crippen LogP contribution in [0.5, 0.6) is 5.19 Å². The van der Waals surface area contributed by atoms with Gasteiger partial charge in [0.05, 0.1) is 16.4 Å². The van der Waals surface area contributed by atoms with Crippen molar-refractivity contribution in [2.45, 2.75) is 70.0 Å². The zero-order chi connectivity index (χ0) is 24.5. The van der Waals surface area contributed by atoms with Gasteiger partial charge in [0.2, 0.25) is 0 Å². The molecule has 0 spiro atoms. The predicted octanol–water partition coefficient (Wildman–Crippen LogP) is 4.30. The Kier molecular flexibility index (Phi) is 7.11. The first-order chi connectivity index (χ1) is 16.9. The lowest BCUT2D eigenvalue weighted by molar-refractivity contribution is 0.131. The minimum absolute atomic E-state index is 0.0833. The van der Waals surface area contributed by atoms with Crippen molar-refractivity contribution in [1.29, 1.82) is 0 Å². The molecule has 0 saturated carbocycles. The second-order valence-corrected chi connectivity index (χ2v) is 11.3. The average molecular weight is 513 g/mol. The van der Waals surface area contributed by atoms with Crippen molar-refractivity contribution in [3.05, 3.63) is 39.2 Å². The van der Waals surface area contributed by atoms with Gasteiger partial charge in [-0.3, -0.25) is 4.99 Å². The second-order valence-electron chi connectivity index (χ2n) is 9.52. The Morgan fingerprint density at radius 1 is 1.14 bits per heavy atom. The van der Waals surface area contributed by atoms with E-state index in [9.17, 15) is 0 Å². The van der Waals surface area contributed by atoms with Crippen LogP contribution in [0.4, 0.5) is 6.01 Å². The highest BCUT2D eigenvalue weighted by atomic mass is 32.2. The number of thiazole rings is 1. The standard InChI is InChI=1S/C25H32N6O2S2/c1-14(2)22-29-24(33-30-22)31-12-10-17(11-13-31)16(4)32-25-28-20-8-7-19(27-23(20)35-25)18-6-9-21(34-5)26-15(18)3/h6,8-9,14,16-17,19H,7,10-13H2,1-5H3/t16-,19?/m0/s1. The number of aryl methyl sites for hydroxylation is 1. The molecule has 0 radical (unpaired) electrons. The van der Waals surface area contributed by atoms with Crippen LogP contribution >= 0.6 is 23.1 Å². The average Bonchev–Trinajstić information content (AvgIpc) is 3.51. The zero-order valence-corrected chi connectivity index (χ0v) is 22.5. The second kappa shape index (κ2) is 10.3. The largest absolute Gasteiger partial charge is 0.467 e. The summed E-state index contributed by atoms with van der Waals surface area (Å²) in [5.74, 6) is 1.49.